The van der Waals surface area contributed by atoms with Crippen LogP contribution in [0.4, 0.5) is 4.79 Å². The minimum absolute atomic E-state index is 0.0118. The molecule has 0 radical (unpaired) electrons. The van der Waals surface area contributed by atoms with Gasteiger partial charge >= 0.3 is 6.09 Å². The van der Waals surface area contributed by atoms with E-state index < -0.39 is 27.9 Å². The topological polar surface area (TPSA) is 109 Å². The average molecular weight is 704 g/mol. The van der Waals surface area contributed by atoms with E-state index in [9.17, 15) is 19.8 Å². The summed E-state index contributed by atoms with van der Waals surface area (Å²) in [6.45, 7) is 12.6. The van der Waals surface area contributed by atoms with Crippen LogP contribution in [0.25, 0.3) is 0 Å². The Hall–Kier alpha value is -2.42. The number of nitrogens with zero attached hydrogens (tertiary/aromatic N) is 1. The second-order valence-corrected chi connectivity index (χ2v) is 18.9. The Morgan fingerprint density at radius 3 is 2.51 bits per heavy atom. The van der Waals surface area contributed by atoms with Crippen molar-refractivity contribution < 1.29 is 33.7 Å². The maximum Gasteiger partial charge on any atom is 0.410 e. The van der Waals surface area contributed by atoms with Crippen LogP contribution in [0.15, 0.2) is 46.6 Å². The molecule has 8 heteroatoms. The van der Waals surface area contributed by atoms with Gasteiger partial charge in [0.05, 0.1) is 37.2 Å². The van der Waals surface area contributed by atoms with Gasteiger partial charge in [-0.1, -0.05) is 59.3 Å². The van der Waals surface area contributed by atoms with E-state index in [0.29, 0.717) is 49.5 Å². The number of hydrogen-bond donors (Lipinski definition) is 2. The second-order valence-electron chi connectivity index (χ2n) is 18.9. The maximum atomic E-state index is 14.6. The molecule has 0 aromatic carbocycles. The van der Waals surface area contributed by atoms with Crippen LogP contribution in [-0.2, 0) is 9.47 Å². The van der Waals surface area contributed by atoms with Crippen molar-refractivity contribution in [2.75, 3.05) is 19.7 Å². The van der Waals surface area contributed by atoms with E-state index in [4.69, 9.17) is 13.9 Å². The first-order valence-electron chi connectivity index (χ1n) is 20.2. The first-order chi connectivity index (χ1) is 24.3. The monoisotopic (exact) mass is 703 g/mol. The van der Waals surface area contributed by atoms with Gasteiger partial charge in [0.1, 0.15) is 6.10 Å². The van der Waals surface area contributed by atoms with Crippen molar-refractivity contribution in [1.82, 2.24) is 4.90 Å². The van der Waals surface area contributed by atoms with Crippen molar-refractivity contribution in [2.45, 2.75) is 136 Å². The van der Waals surface area contributed by atoms with Crippen LogP contribution in [0, 0.1) is 51.2 Å². The lowest BCUT2D eigenvalue weighted by molar-refractivity contribution is -0.176. The van der Waals surface area contributed by atoms with E-state index in [-0.39, 0.29) is 47.9 Å². The number of carbonyl (C=O) groups is 2. The number of amides is 1. The van der Waals surface area contributed by atoms with Gasteiger partial charge in [-0.2, -0.15) is 0 Å². The number of Topliss-reactive ketones (excluding diaryl/α,β-unsaturated/α-hetero) is 1. The Labute approximate surface area is 304 Å². The number of fused-ring (bicyclic) bond motifs is 1. The van der Waals surface area contributed by atoms with Crippen LogP contribution in [-0.4, -0.2) is 70.6 Å². The lowest BCUT2D eigenvalue weighted by atomic mass is 9.32. The highest BCUT2D eigenvalue weighted by Crippen LogP contribution is 2.78. The van der Waals surface area contributed by atoms with Crippen molar-refractivity contribution in [3.63, 3.8) is 0 Å². The van der Waals surface area contributed by atoms with E-state index in [1.807, 2.05) is 0 Å². The van der Waals surface area contributed by atoms with E-state index in [0.717, 1.165) is 69.8 Å². The first-order valence-corrected chi connectivity index (χ1v) is 20.2. The van der Waals surface area contributed by atoms with Crippen molar-refractivity contribution >= 4 is 11.9 Å². The summed E-state index contributed by atoms with van der Waals surface area (Å²) in [4.78, 5) is 30.7. The zero-order chi connectivity index (χ0) is 36.0. The van der Waals surface area contributed by atoms with Crippen molar-refractivity contribution in [3.8, 4) is 0 Å². The lowest BCUT2D eigenvalue weighted by Gasteiger charge is -2.71. The number of allylic oxidation sites excluding steroid dienone is 4. The largest absolute Gasteiger partial charge is 0.461 e. The van der Waals surface area contributed by atoms with Gasteiger partial charge in [-0.3, -0.25) is 4.79 Å². The molecule has 12 atom stereocenters. The third-order valence-electron chi connectivity index (χ3n) is 16.1. The average Bonchev–Trinajstić information content (AvgIpc) is 3.86. The van der Waals surface area contributed by atoms with Crippen LogP contribution in [0.3, 0.4) is 0 Å². The van der Waals surface area contributed by atoms with Crippen LogP contribution >= 0.6 is 0 Å². The summed E-state index contributed by atoms with van der Waals surface area (Å²) in [5.41, 5.74) is -2.05. The fourth-order valence-electron chi connectivity index (χ4n) is 13.1. The lowest BCUT2D eigenvalue weighted by Crippen LogP contribution is -2.67. The number of aliphatic hydroxyl groups is 2. The number of ketones is 1. The Bertz CT molecular complexity index is 1560. The zero-order valence-electron chi connectivity index (χ0n) is 31.6. The molecule has 2 bridgehead atoms. The molecule has 2 N–H and O–H groups in total. The van der Waals surface area contributed by atoms with Crippen molar-refractivity contribution in [1.29, 1.82) is 0 Å². The Balaban J connectivity index is 1.14. The molecular weight excluding hydrogens is 642 g/mol. The number of ether oxygens (including phenoxy) is 2. The summed E-state index contributed by atoms with van der Waals surface area (Å²) in [5.74, 6) is 1.70. The highest BCUT2D eigenvalue weighted by Gasteiger charge is 2.74. The molecule has 12 unspecified atom stereocenters. The van der Waals surface area contributed by atoms with Gasteiger partial charge < -0.3 is 29.0 Å². The molecule has 8 aliphatic rings. The minimum atomic E-state index is -1.17. The molecular formula is C43H61NO7. The minimum Gasteiger partial charge on any atom is -0.461 e. The smallest absolute Gasteiger partial charge is 0.410 e. The summed E-state index contributed by atoms with van der Waals surface area (Å²) in [6, 6.07) is 3.52. The Morgan fingerprint density at radius 1 is 1.02 bits per heavy atom. The van der Waals surface area contributed by atoms with E-state index in [1.165, 1.54) is 0 Å². The summed E-state index contributed by atoms with van der Waals surface area (Å²) in [5, 5.41) is 24.1. The summed E-state index contributed by atoms with van der Waals surface area (Å²) in [6.07, 6.45) is 17.7. The molecule has 2 heterocycles. The number of aliphatic hydroxyl groups excluding tert-OH is 1. The van der Waals surface area contributed by atoms with Crippen LogP contribution in [0.2, 0.25) is 0 Å². The van der Waals surface area contributed by atoms with Gasteiger partial charge in [0.25, 0.3) is 0 Å². The van der Waals surface area contributed by atoms with Crippen LogP contribution < -0.4 is 0 Å². The molecule has 9 rings (SSSR count). The number of furan rings is 1. The first kappa shape index (κ1) is 35.6. The summed E-state index contributed by atoms with van der Waals surface area (Å²) >= 11 is 0. The quantitative estimate of drug-likeness (QED) is 0.208. The molecule has 4 saturated carbocycles. The van der Waals surface area contributed by atoms with Crippen LogP contribution in [0.1, 0.15) is 122 Å². The highest BCUT2D eigenvalue weighted by atomic mass is 16.6. The highest BCUT2D eigenvalue weighted by molar-refractivity contribution is 6.08. The molecule has 5 fully saturated rings. The normalized spacial score (nSPS) is 45.6. The van der Waals surface area contributed by atoms with Gasteiger partial charge in [-0.25, -0.2) is 4.79 Å². The zero-order valence-corrected chi connectivity index (χ0v) is 31.6. The van der Waals surface area contributed by atoms with Gasteiger partial charge in [-0.05, 0) is 118 Å². The van der Waals surface area contributed by atoms with Gasteiger partial charge in [0.2, 0.25) is 5.78 Å². The molecule has 7 aliphatic carbocycles. The maximum absolute atomic E-state index is 14.6. The van der Waals surface area contributed by atoms with E-state index in [2.05, 4.69) is 52.8 Å². The number of hydrogen-bond acceptors (Lipinski definition) is 7. The molecule has 1 aromatic rings. The molecule has 2 spiro atoms. The summed E-state index contributed by atoms with van der Waals surface area (Å²) < 4.78 is 18.3. The fraction of sp³-hybridized carbons (Fsp3) is 0.767. The van der Waals surface area contributed by atoms with Gasteiger partial charge in [-0.15, -0.1) is 0 Å². The fourth-order valence-corrected chi connectivity index (χ4v) is 13.1. The van der Waals surface area contributed by atoms with Crippen LogP contribution in [0.5, 0.6) is 0 Å². The molecule has 280 valence electrons. The SMILES string of the molecule is CC1CCC(C(C)C)C(OC(=O)N(CC2CCCO2)CC2(O)CCC3C45C=CC6(C=C4C(=O)c4ccco4)CC(O)CCC6(C)C5CCC32C)C1. The third-order valence-corrected chi connectivity index (χ3v) is 16.1. The molecule has 51 heavy (non-hydrogen) atoms. The second kappa shape index (κ2) is 12.6. The van der Waals surface area contributed by atoms with E-state index in [1.54, 1.807) is 23.3 Å². The molecule has 1 amide bonds. The number of rotatable bonds is 8. The molecule has 8 nitrogen and oxygen atoms in total. The molecule has 1 aromatic heterocycles. The molecule has 1 aliphatic heterocycles. The predicted molar refractivity (Wildman–Crippen MR) is 194 cm³/mol. The summed E-state index contributed by atoms with van der Waals surface area (Å²) in [7, 11) is 0. The predicted octanol–water partition coefficient (Wildman–Crippen LogP) is 8.13. The molecule has 1 saturated heterocycles. The van der Waals surface area contributed by atoms with Gasteiger partial charge in [0, 0.05) is 28.4 Å². The van der Waals surface area contributed by atoms with Crippen molar-refractivity contribution in [3.05, 3.63) is 48.0 Å². The number of carbonyl (C=O) groups excluding carboxylic acids is 2. The Morgan fingerprint density at radius 2 is 1.78 bits per heavy atom. The van der Waals surface area contributed by atoms with E-state index >= 15 is 0 Å². The Kier molecular flexibility index (Phi) is 8.78. The van der Waals surface area contributed by atoms with Gasteiger partial charge in [0.15, 0.2) is 5.76 Å². The standard InChI is InChI=1S/C43H61NO7/c1-27(2)31-11-10-28(3)22-34(31)51-38(47)44(25-30-8-6-20-49-30)26-42(48)17-14-36-40(42,5)16-13-35-39(4)15-12-29(45)23-41(39)18-19-43(35,36)32(24-41)37(46)33-9-7-21-50-33/h7,9,18-19,21,24,27-31,34-36,45,48H,6,8,10-17,20,22-23,25-26H2,1-5H3. The third kappa shape index (κ3) is 5.30. The van der Waals surface area contributed by atoms with Crippen molar-refractivity contribution in [2.24, 2.45) is 51.2 Å².